The van der Waals surface area contributed by atoms with Crippen LogP contribution in [0.15, 0.2) is 24.8 Å². The average molecular weight is 568 g/mol. The Morgan fingerprint density at radius 1 is 1.27 bits per heavy atom. The molecule has 2 bridgehead atoms. The molecule has 8 atom stereocenters. The molecule has 1 aromatic rings. The molecule has 0 aromatic heterocycles. The molecule has 0 saturated heterocycles. The molecular weight excluding hydrogens is 521 g/mol. The SMILES string of the molecule is C=C[C@]1(C)C[C@@H](OC(=O)COc2cc(CN(C)C)c3c(c2)B(O)OC3)[C@@]2(C)[C@@H]3C(=O)CC[C@@]3(CC[C@@H]2C)[C@@H](C)[C@@H]1O. The van der Waals surface area contributed by atoms with Gasteiger partial charge in [-0.1, -0.05) is 33.8 Å². The largest absolute Gasteiger partial charge is 0.491 e. The summed E-state index contributed by atoms with van der Waals surface area (Å²) in [5, 5.41) is 22.0. The Morgan fingerprint density at radius 3 is 2.68 bits per heavy atom. The Bertz CT molecular complexity index is 1220. The Morgan fingerprint density at radius 2 is 2.00 bits per heavy atom. The molecule has 1 aromatic carbocycles. The van der Waals surface area contributed by atoms with Gasteiger partial charge in [0.1, 0.15) is 17.6 Å². The average Bonchev–Trinajstić information content (AvgIpc) is 3.48. The highest BCUT2D eigenvalue weighted by Crippen LogP contribution is 2.68. The highest BCUT2D eigenvalue weighted by Gasteiger charge is 2.68. The molecule has 1 aliphatic heterocycles. The predicted octanol–water partition coefficient (Wildman–Crippen LogP) is 3.25. The Hall–Kier alpha value is -2.20. The van der Waals surface area contributed by atoms with E-state index < -0.39 is 36.1 Å². The van der Waals surface area contributed by atoms with Crippen molar-refractivity contribution in [2.24, 2.45) is 34.0 Å². The Balaban J connectivity index is 1.43. The van der Waals surface area contributed by atoms with E-state index in [0.29, 0.717) is 37.2 Å². The van der Waals surface area contributed by atoms with Crippen molar-refractivity contribution >= 4 is 24.3 Å². The van der Waals surface area contributed by atoms with Gasteiger partial charge in [0, 0.05) is 29.7 Å². The van der Waals surface area contributed by atoms with Crippen molar-refractivity contribution in [3.8, 4) is 5.75 Å². The fraction of sp³-hybridized carbons (Fsp3) is 0.688. The second kappa shape index (κ2) is 10.8. The lowest BCUT2D eigenvalue weighted by atomic mass is 9.44. The first kappa shape index (κ1) is 30.3. The third-order valence-corrected chi connectivity index (χ3v) is 11.4. The van der Waals surface area contributed by atoms with Crippen LogP contribution >= 0.6 is 0 Å². The molecular formula is C32H46BNO7. The zero-order valence-corrected chi connectivity index (χ0v) is 25.4. The molecule has 3 fully saturated rings. The fourth-order valence-electron chi connectivity index (χ4n) is 8.78. The maximum absolute atomic E-state index is 13.6. The zero-order chi connectivity index (χ0) is 29.9. The number of fused-ring (bicyclic) bond motifs is 1. The van der Waals surface area contributed by atoms with Crippen LogP contribution in [0.2, 0.25) is 0 Å². The van der Waals surface area contributed by atoms with Gasteiger partial charge in [-0.2, -0.15) is 0 Å². The summed E-state index contributed by atoms with van der Waals surface area (Å²) in [6.07, 6.45) is 3.94. The van der Waals surface area contributed by atoms with Crippen LogP contribution in [-0.2, 0) is 32.1 Å². The van der Waals surface area contributed by atoms with E-state index >= 15 is 0 Å². The van der Waals surface area contributed by atoms with Gasteiger partial charge >= 0.3 is 13.1 Å². The summed E-state index contributed by atoms with van der Waals surface area (Å²) in [5.74, 6) is -0.0321. The van der Waals surface area contributed by atoms with Crippen molar-refractivity contribution in [1.29, 1.82) is 0 Å². The van der Waals surface area contributed by atoms with Crippen molar-refractivity contribution in [2.45, 2.75) is 85.2 Å². The summed E-state index contributed by atoms with van der Waals surface area (Å²) in [5.41, 5.74) is 0.975. The minimum absolute atomic E-state index is 0.0794. The van der Waals surface area contributed by atoms with Gasteiger partial charge in [0.15, 0.2) is 6.61 Å². The summed E-state index contributed by atoms with van der Waals surface area (Å²) in [6.45, 7) is 13.1. The molecule has 4 aliphatic rings. The fourth-order valence-corrected chi connectivity index (χ4v) is 8.78. The molecule has 9 heteroatoms. The maximum Gasteiger partial charge on any atom is 0.491 e. The minimum atomic E-state index is -1.03. The summed E-state index contributed by atoms with van der Waals surface area (Å²) < 4.78 is 17.7. The van der Waals surface area contributed by atoms with Crippen molar-refractivity contribution in [3.05, 3.63) is 35.9 Å². The van der Waals surface area contributed by atoms with Crippen LogP contribution in [-0.4, -0.2) is 66.8 Å². The van der Waals surface area contributed by atoms with Crippen LogP contribution in [0.1, 0.15) is 70.9 Å². The number of ketones is 1. The van der Waals surface area contributed by atoms with E-state index in [2.05, 4.69) is 27.4 Å². The van der Waals surface area contributed by atoms with E-state index in [-0.39, 0.29) is 35.6 Å². The molecule has 5 rings (SSSR count). The van der Waals surface area contributed by atoms with Gasteiger partial charge in [0.25, 0.3) is 0 Å². The second-order valence-corrected chi connectivity index (χ2v) is 13.9. The molecule has 41 heavy (non-hydrogen) atoms. The van der Waals surface area contributed by atoms with Crippen molar-refractivity contribution < 1.29 is 33.8 Å². The standard InChI is InChI=1S/C32H46BNO7/c1-8-30(4)15-26(31(5)19(2)9-11-32(20(3)29(30)37)12-10-25(35)28(31)32)41-27(36)18-39-22-13-21(16-34(6)7)23-17-40-33(38)24(23)14-22/h8,13-14,19-20,26,28-29,37-38H,1,9-12,15-18H2,2-7H3/t19-,20-,26+,28-,29-,30+,31-,32-/m0/s1. The Kier molecular flexibility index (Phi) is 7.99. The number of aliphatic hydroxyl groups is 1. The molecule has 0 unspecified atom stereocenters. The molecule has 0 radical (unpaired) electrons. The first-order valence-electron chi connectivity index (χ1n) is 15.0. The van der Waals surface area contributed by atoms with E-state index in [9.17, 15) is 19.7 Å². The van der Waals surface area contributed by atoms with Gasteiger partial charge in [0.2, 0.25) is 0 Å². The number of nitrogens with zero attached hydrogens (tertiary/aromatic N) is 1. The number of rotatable bonds is 7. The summed E-state index contributed by atoms with van der Waals surface area (Å²) in [4.78, 5) is 29.1. The van der Waals surface area contributed by atoms with E-state index in [4.69, 9.17) is 14.1 Å². The third-order valence-electron chi connectivity index (χ3n) is 11.4. The summed E-state index contributed by atoms with van der Waals surface area (Å²) in [6, 6.07) is 3.60. The monoisotopic (exact) mass is 567 g/mol. The number of ether oxygens (including phenoxy) is 2. The highest BCUT2D eigenvalue weighted by molar-refractivity contribution is 6.61. The lowest BCUT2D eigenvalue weighted by molar-refractivity contribution is -0.207. The topological polar surface area (TPSA) is 106 Å². The first-order valence-corrected chi connectivity index (χ1v) is 15.0. The normalized spacial score (nSPS) is 38.2. The van der Waals surface area contributed by atoms with Crippen molar-refractivity contribution in [3.63, 3.8) is 0 Å². The molecule has 1 heterocycles. The van der Waals surface area contributed by atoms with Crippen molar-refractivity contribution in [2.75, 3.05) is 20.7 Å². The maximum atomic E-state index is 13.6. The van der Waals surface area contributed by atoms with Gasteiger partial charge < -0.3 is 29.2 Å². The quantitative estimate of drug-likeness (QED) is 0.294. The minimum Gasteiger partial charge on any atom is -0.482 e. The van der Waals surface area contributed by atoms with Gasteiger partial charge in [-0.05, 0) is 85.8 Å². The van der Waals surface area contributed by atoms with Crippen LogP contribution in [0.4, 0.5) is 0 Å². The number of carbonyl (C=O) groups excluding carboxylic acids is 2. The lowest BCUT2D eigenvalue weighted by Crippen LogP contribution is -2.63. The molecule has 2 N–H and O–H groups in total. The second-order valence-electron chi connectivity index (χ2n) is 13.9. The van der Waals surface area contributed by atoms with Gasteiger partial charge in [0.05, 0.1) is 12.7 Å². The van der Waals surface area contributed by atoms with Crippen molar-refractivity contribution in [1.82, 2.24) is 4.90 Å². The van der Waals surface area contributed by atoms with Crippen LogP contribution in [0, 0.1) is 34.0 Å². The van der Waals surface area contributed by atoms with Crippen LogP contribution in [0.3, 0.4) is 0 Å². The number of benzene rings is 1. The predicted molar refractivity (Wildman–Crippen MR) is 156 cm³/mol. The van der Waals surface area contributed by atoms with Crippen LogP contribution in [0.5, 0.6) is 5.75 Å². The summed E-state index contributed by atoms with van der Waals surface area (Å²) in [7, 11) is 2.90. The molecule has 224 valence electrons. The smallest absolute Gasteiger partial charge is 0.482 e. The van der Waals surface area contributed by atoms with Crippen LogP contribution < -0.4 is 10.2 Å². The van der Waals surface area contributed by atoms with Gasteiger partial charge in [-0.25, -0.2) is 4.79 Å². The number of carbonyl (C=O) groups is 2. The lowest BCUT2D eigenvalue weighted by Gasteiger charge is -2.61. The van der Waals surface area contributed by atoms with Gasteiger partial charge in [-0.3, -0.25) is 4.79 Å². The molecule has 0 spiro atoms. The number of Topliss-reactive ketones (excluding diaryl/α,β-unsaturated/α-hetero) is 1. The van der Waals surface area contributed by atoms with E-state index in [0.717, 1.165) is 30.4 Å². The first-order chi connectivity index (χ1) is 19.3. The van der Waals surface area contributed by atoms with E-state index in [1.54, 1.807) is 12.1 Å². The van der Waals surface area contributed by atoms with E-state index in [1.807, 2.05) is 32.0 Å². The zero-order valence-electron chi connectivity index (χ0n) is 25.4. The molecule has 8 nitrogen and oxygen atoms in total. The molecule has 0 amide bonds. The molecule has 3 aliphatic carbocycles. The highest BCUT2D eigenvalue weighted by atomic mass is 16.6. The number of hydrogen-bond donors (Lipinski definition) is 2. The van der Waals surface area contributed by atoms with Crippen LogP contribution in [0.25, 0.3) is 0 Å². The summed E-state index contributed by atoms with van der Waals surface area (Å²) >= 11 is 0. The molecule has 3 saturated carbocycles. The van der Waals surface area contributed by atoms with Gasteiger partial charge in [-0.15, -0.1) is 6.58 Å². The Labute approximate surface area is 244 Å². The van der Waals surface area contributed by atoms with E-state index in [1.165, 1.54) is 0 Å². The number of aliphatic hydroxyl groups excluding tert-OH is 1. The number of esters is 1. The number of hydrogen-bond acceptors (Lipinski definition) is 8. The third kappa shape index (κ3) is 4.87.